The quantitative estimate of drug-likeness (QED) is 0.396. The van der Waals surface area contributed by atoms with E-state index in [0.717, 1.165) is 14.7 Å². The zero-order valence-electron chi connectivity index (χ0n) is 13.8. The third-order valence-electron chi connectivity index (χ3n) is 3.21. The van der Waals surface area contributed by atoms with Gasteiger partial charge in [-0.25, -0.2) is 0 Å². The van der Waals surface area contributed by atoms with Crippen molar-refractivity contribution in [2.45, 2.75) is 24.8 Å². The lowest BCUT2D eigenvalue weighted by Crippen LogP contribution is -2.27. The summed E-state index contributed by atoms with van der Waals surface area (Å²) in [7, 11) is 0. The molecule has 0 saturated heterocycles. The number of thioether (sulfide) groups is 3. The summed E-state index contributed by atoms with van der Waals surface area (Å²) < 4.78 is 4.63. The zero-order valence-corrected chi connectivity index (χ0v) is 16.2. The van der Waals surface area contributed by atoms with Gasteiger partial charge in [-0.2, -0.15) is 0 Å². The summed E-state index contributed by atoms with van der Waals surface area (Å²) >= 11 is 4.31. The molecule has 0 radical (unpaired) electrons. The van der Waals surface area contributed by atoms with E-state index in [-0.39, 0.29) is 0 Å². The second-order valence-corrected chi connectivity index (χ2v) is 9.72. The van der Waals surface area contributed by atoms with Gasteiger partial charge in [0.25, 0.3) is 6.48 Å². The summed E-state index contributed by atoms with van der Waals surface area (Å²) in [6.45, 7) is -1.89. The van der Waals surface area contributed by atoms with Crippen LogP contribution >= 0.6 is 35.3 Å². The fourth-order valence-corrected chi connectivity index (χ4v) is 6.54. The standard InChI is InChI=1S/C20H18O3S3/c21-19(22)23-20(24-16-10-4-1-5-11-16,25-17-12-6-2-7-13-17)26-18-14-8-3-9-15-18/h1-15,19,21-22H. The molecule has 0 aliphatic heterocycles. The predicted octanol–water partition coefficient (Wildman–Crippen LogP) is 5.26. The lowest BCUT2D eigenvalue weighted by Gasteiger charge is -2.32. The van der Waals surface area contributed by atoms with Gasteiger partial charge in [0.05, 0.1) is 0 Å². The van der Waals surface area contributed by atoms with Gasteiger partial charge in [0.1, 0.15) is 0 Å². The molecule has 0 aliphatic rings. The molecule has 0 spiro atoms. The molecule has 0 aliphatic carbocycles. The Balaban J connectivity index is 1.97. The smallest absolute Gasteiger partial charge is 0.269 e. The van der Waals surface area contributed by atoms with Gasteiger partial charge >= 0.3 is 0 Å². The predicted molar refractivity (Wildman–Crippen MR) is 109 cm³/mol. The minimum atomic E-state index is -1.89. The second-order valence-electron chi connectivity index (χ2n) is 5.19. The maximum atomic E-state index is 9.62. The molecule has 0 bridgehead atoms. The van der Waals surface area contributed by atoms with E-state index in [2.05, 4.69) is 0 Å². The summed E-state index contributed by atoms with van der Waals surface area (Å²) in [5.74, 6) is 0. The molecule has 3 aromatic rings. The third-order valence-corrected chi connectivity index (χ3v) is 7.27. The summed E-state index contributed by atoms with van der Waals surface area (Å²) in [6, 6.07) is 29.4. The molecule has 0 aromatic heterocycles. The van der Waals surface area contributed by atoms with Crippen molar-refractivity contribution in [3.05, 3.63) is 91.0 Å². The van der Waals surface area contributed by atoms with Crippen LogP contribution in [0.5, 0.6) is 0 Å². The van der Waals surface area contributed by atoms with Gasteiger partial charge in [-0.15, -0.1) is 0 Å². The minimum absolute atomic E-state index is 0.972. The first-order valence-electron chi connectivity index (χ1n) is 7.91. The van der Waals surface area contributed by atoms with Gasteiger partial charge in [-0.3, -0.25) is 4.74 Å². The normalized spacial score (nSPS) is 11.7. The Labute approximate surface area is 165 Å². The Morgan fingerprint density at radius 1 is 0.577 bits per heavy atom. The Kier molecular flexibility index (Phi) is 7.07. The number of hydrogen-bond donors (Lipinski definition) is 2. The Bertz CT molecular complexity index is 682. The van der Waals surface area contributed by atoms with E-state index in [1.807, 2.05) is 91.0 Å². The first-order chi connectivity index (χ1) is 12.7. The summed E-state index contributed by atoms with van der Waals surface area (Å²) in [5.41, 5.74) is 0. The van der Waals surface area contributed by atoms with Crippen molar-refractivity contribution in [3.63, 3.8) is 0 Å². The van der Waals surface area contributed by atoms with Crippen LogP contribution in [-0.2, 0) is 4.74 Å². The summed E-state index contributed by atoms with van der Waals surface area (Å²) in [5, 5.41) is 19.2. The molecule has 3 nitrogen and oxygen atoms in total. The Morgan fingerprint density at radius 3 is 1.15 bits per heavy atom. The van der Waals surface area contributed by atoms with Crippen LogP contribution < -0.4 is 0 Å². The summed E-state index contributed by atoms with van der Waals surface area (Å²) in [4.78, 5) is 2.92. The van der Waals surface area contributed by atoms with E-state index >= 15 is 0 Å². The van der Waals surface area contributed by atoms with Crippen molar-refractivity contribution in [2.75, 3.05) is 0 Å². The van der Waals surface area contributed by atoms with Crippen molar-refractivity contribution in [1.29, 1.82) is 0 Å². The lowest BCUT2D eigenvalue weighted by molar-refractivity contribution is -0.233. The Morgan fingerprint density at radius 2 is 0.885 bits per heavy atom. The van der Waals surface area contributed by atoms with Crippen molar-refractivity contribution >= 4 is 35.3 Å². The van der Waals surface area contributed by atoms with Gasteiger partial charge in [-0.05, 0) is 36.4 Å². The van der Waals surface area contributed by atoms with Crippen LogP contribution in [0.25, 0.3) is 0 Å². The van der Waals surface area contributed by atoms with Crippen molar-refractivity contribution in [3.8, 4) is 0 Å². The molecule has 0 saturated carbocycles. The molecule has 0 amide bonds. The van der Waals surface area contributed by atoms with Gasteiger partial charge in [0, 0.05) is 14.7 Å². The highest BCUT2D eigenvalue weighted by Crippen LogP contribution is 2.56. The highest BCUT2D eigenvalue weighted by molar-refractivity contribution is 8.33. The van der Waals surface area contributed by atoms with Crippen LogP contribution in [0, 0.1) is 0 Å². The maximum Gasteiger partial charge on any atom is 0.269 e. The molecule has 6 heteroatoms. The average molecular weight is 403 g/mol. The minimum Gasteiger partial charge on any atom is -0.346 e. The highest BCUT2D eigenvalue weighted by Gasteiger charge is 2.38. The van der Waals surface area contributed by atoms with Crippen LogP contribution in [0.3, 0.4) is 0 Å². The molecule has 2 N–H and O–H groups in total. The number of aliphatic hydroxyl groups excluding tert-OH is 1. The van der Waals surface area contributed by atoms with Crippen LogP contribution in [0.1, 0.15) is 0 Å². The molecule has 3 rings (SSSR count). The van der Waals surface area contributed by atoms with Crippen LogP contribution in [0.15, 0.2) is 106 Å². The molecular formula is C20H18O3S3. The van der Waals surface area contributed by atoms with Gasteiger partial charge in [0.2, 0.25) is 3.60 Å². The number of aliphatic hydroxyl groups is 2. The van der Waals surface area contributed by atoms with E-state index in [1.165, 1.54) is 35.3 Å². The van der Waals surface area contributed by atoms with E-state index in [4.69, 9.17) is 4.74 Å². The van der Waals surface area contributed by atoms with Crippen molar-refractivity contribution < 1.29 is 14.9 Å². The van der Waals surface area contributed by atoms with Crippen molar-refractivity contribution in [1.82, 2.24) is 0 Å². The molecule has 3 aromatic carbocycles. The average Bonchev–Trinajstić information content (AvgIpc) is 2.63. The van der Waals surface area contributed by atoms with E-state index in [0.29, 0.717) is 0 Å². The summed E-state index contributed by atoms with van der Waals surface area (Å²) in [6.07, 6.45) is 0. The van der Waals surface area contributed by atoms with Gasteiger partial charge < -0.3 is 10.2 Å². The maximum absolute atomic E-state index is 9.62. The van der Waals surface area contributed by atoms with Crippen LogP contribution in [-0.4, -0.2) is 20.3 Å². The first-order valence-corrected chi connectivity index (χ1v) is 10.4. The topological polar surface area (TPSA) is 49.7 Å². The van der Waals surface area contributed by atoms with Crippen LogP contribution in [0.2, 0.25) is 0 Å². The van der Waals surface area contributed by atoms with E-state index < -0.39 is 10.1 Å². The fourth-order valence-electron chi connectivity index (χ4n) is 2.16. The monoisotopic (exact) mass is 402 g/mol. The number of ether oxygens (including phenoxy) is 1. The van der Waals surface area contributed by atoms with E-state index in [9.17, 15) is 10.2 Å². The molecule has 26 heavy (non-hydrogen) atoms. The molecule has 0 fully saturated rings. The van der Waals surface area contributed by atoms with Crippen molar-refractivity contribution in [2.24, 2.45) is 0 Å². The largest absolute Gasteiger partial charge is 0.346 e. The molecule has 0 heterocycles. The number of benzene rings is 3. The van der Waals surface area contributed by atoms with E-state index in [1.54, 1.807) is 0 Å². The molecule has 0 unspecified atom stereocenters. The van der Waals surface area contributed by atoms with Gasteiger partial charge in [0.15, 0.2) is 0 Å². The Hall–Kier alpha value is -1.41. The fraction of sp³-hybridized carbons (Fsp3) is 0.100. The van der Waals surface area contributed by atoms with Gasteiger partial charge in [-0.1, -0.05) is 89.9 Å². The molecule has 134 valence electrons. The molecular weight excluding hydrogens is 384 g/mol. The molecule has 0 atom stereocenters. The third kappa shape index (κ3) is 5.81. The number of hydrogen-bond acceptors (Lipinski definition) is 6. The highest BCUT2D eigenvalue weighted by atomic mass is 32.3. The lowest BCUT2D eigenvalue weighted by atomic mass is 10.4. The second kappa shape index (κ2) is 9.50. The zero-order chi connectivity index (χ0) is 18.2. The first kappa shape index (κ1) is 19.4. The SMILES string of the molecule is OC(O)OC(Sc1ccccc1)(Sc1ccccc1)Sc1ccccc1. The van der Waals surface area contributed by atoms with Crippen LogP contribution in [0.4, 0.5) is 0 Å². The number of rotatable bonds is 8.